The SMILES string of the molecule is O=C(N[C@H]1CC[C@H](O)CC1)N1CCC([C@H](O)CC2c3ccccc3-c3cncn32)CC1. The zero-order chi connectivity index (χ0) is 21.4. The van der Waals surface area contributed by atoms with Gasteiger partial charge in [0.2, 0.25) is 0 Å². The molecular formula is C24H32N4O3. The van der Waals surface area contributed by atoms with Crippen LogP contribution in [0, 0.1) is 5.92 Å². The molecule has 1 unspecified atom stereocenters. The fraction of sp³-hybridized carbons (Fsp3) is 0.583. The number of likely N-dealkylation sites (tertiary alicyclic amines) is 1. The topological polar surface area (TPSA) is 90.6 Å². The smallest absolute Gasteiger partial charge is 0.317 e. The molecule has 1 aromatic carbocycles. The third-order valence-corrected chi connectivity index (χ3v) is 7.46. The zero-order valence-corrected chi connectivity index (χ0v) is 17.9. The molecule has 2 aliphatic heterocycles. The molecule has 2 atom stereocenters. The maximum Gasteiger partial charge on any atom is 0.317 e. The Hall–Kier alpha value is -2.38. The minimum atomic E-state index is -0.406. The van der Waals surface area contributed by atoms with E-state index < -0.39 is 6.10 Å². The Morgan fingerprint density at radius 2 is 1.87 bits per heavy atom. The Morgan fingerprint density at radius 1 is 1.13 bits per heavy atom. The summed E-state index contributed by atoms with van der Waals surface area (Å²) in [5.41, 5.74) is 3.59. The van der Waals surface area contributed by atoms with Crippen molar-refractivity contribution in [3.05, 3.63) is 42.4 Å². The van der Waals surface area contributed by atoms with Crippen molar-refractivity contribution in [2.24, 2.45) is 5.92 Å². The second-order valence-corrected chi connectivity index (χ2v) is 9.37. The second kappa shape index (κ2) is 8.63. The average Bonchev–Trinajstić information content (AvgIpc) is 3.38. The first-order valence-electron chi connectivity index (χ1n) is 11.6. The maximum absolute atomic E-state index is 12.6. The summed E-state index contributed by atoms with van der Waals surface area (Å²) in [4.78, 5) is 18.8. The molecule has 0 radical (unpaired) electrons. The molecule has 2 aromatic rings. The Balaban J connectivity index is 1.15. The van der Waals surface area contributed by atoms with Crippen LogP contribution in [-0.4, -0.2) is 62.0 Å². The second-order valence-electron chi connectivity index (χ2n) is 9.37. The van der Waals surface area contributed by atoms with E-state index in [0.29, 0.717) is 19.5 Å². The highest BCUT2D eigenvalue weighted by molar-refractivity contribution is 5.74. The van der Waals surface area contributed by atoms with Gasteiger partial charge in [0, 0.05) is 24.7 Å². The number of aromatic nitrogens is 2. The quantitative estimate of drug-likeness (QED) is 0.704. The summed E-state index contributed by atoms with van der Waals surface area (Å²) in [5.74, 6) is 0.202. The summed E-state index contributed by atoms with van der Waals surface area (Å²) in [6, 6.07) is 8.67. The van der Waals surface area contributed by atoms with Gasteiger partial charge in [-0.25, -0.2) is 9.78 Å². The van der Waals surface area contributed by atoms with E-state index >= 15 is 0 Å². The molecule has 3 N–H and O–H groups in total. The Bertz CT molecular complexity index is 913. The van der Waals surface area contributed by atoms with E-state index in [1.54, 1.807) is 0 Å². The highest BCUT2D eigenvalue weighted by Crippen LogP contribution is 2.42. The molecule has 2 amide bonds. The molecule has 7 heteroatoms. The van der Waals surface area contributed by atoms with Crippen LogP contribution in [0.25, 0.3) is 11.3 Å². The van der Waals surface area contributed by atoms with Crippen molar-refractivity contribution in [3.63, 3.8) is 0 Å². The molecule has 1 saturated carbocycles. The van der Waals surface area contributed by atoms with Gasteiger partial charge in [0.1, 0.15) is 0 Å². The number of amides is 2. The van der Waals surface area contributed by atoms with Crippen molar-refractivity contribution in [2.75, 3.05) is 13.1 Å². The van der Waals surface area contributed by atoms with Gasteiger partial charge in [0.25, 0.3) is 0 Å². The number of nitrogens with zero attached hydrogens (tertiary/aromatic N) is 3. The standard InChI is InChI=1S/C24H32N4O3/c29-18-7-5-17(6-8-18)26-24(31)27-11-9-16(10-12-27)23(30)13-21-19-3-1-2-4-20(19)22-14-25-15-28(21)22/h1-4,14-18,21,23,29-30H,5-13H2,(H,26,31)/t17-,18-,21?,23-/m1/s1. The molecule has 3 aliphatic rings. The summed E-state index contributed by atoms with van der Waals surface area (Å²) in [6.45, 7) is 1.36. The lowest BCUT2D eigenvalue weighted by atomic mass is 9.86. The van der Waals surface area contributed by atoms with E-state index in [2.05, 4.69) is 33.1 Å². The highest BCUT2D eigenvalue weighted by atomic mass is 16.3. The number of benzene rings is 1. The van der Waals surface area contributed by atoms with Crippen molar-refractivity contribution in [1.29, 1.82) is 0 Å². The molecule has 1 aromatic heterocycles. The van der Waals surface area contributed by atoms with Gasteiger partial charge in [-0.15, -0.1) is 0 Å². The predicted octanol–water partition coefficient (Wildman–Crippen LogP) is 2.93. The third kappa shape index (κ3) is 4.08. The number of hydrogen-bond acceptors (Lipinski definition) is 4. The first-order valence-corrected chi connectivity index (χ1v) is 11.6. The molecular weight excluding hydrogens is 392 g/mol. The Labute approximate surface area is 183 Å². The van der Waals surface area contributed by atoms with Crippen molar-refractivity contribution in [1.82, 2.24) is 19.8 Å². The van der Waals surface area contributed by atoms with Crippen molar-refractivity contribution < 1.29 is 15.0 Å². The molecule has 166 valence electrons. The lowest BCUT2D eigenvalue weighted by molar-refractivity contribution is 0.0529. The van der Waals surface area contributed by atoms with Gasteiger partial charge in [-0.2, -0.15) is 0 Å². The number of aliphatic hydroxyl groups excluding tert-OH is 2. The zero-order valence-electron chi connectivity index (χ0n) is 17.9. The van der Waals surface area contributed by atoms with Crippen LogP contribution in [0.2, 0.25) is 0 Å². The number of nitrogens with one attached hydrogen (secondary N) is 1. The highest BCUT2D eigenvalue weighted by Gasteiger charge is 2.34. The number of imidazole rings is 1. The molecule has 2 fully saturated rings. The minimum absolute atomic E-state index is 0.00195. The van der Waals surface area contributed by atoms with E-state index in [9.17, 15) is 15.0 Å². The van der Waals surface area contributed by atoms with Crippen LogP contribution in [0.4, 0.5) is 4.79 Å². The van der Waals surface area contributed by atoms with E-state index in [1.807, 2.05) is 23.5 Å². The molecule has 0 bridgehead atoms. The number of rotatable bonds is 4. The predicted molar refractivity (Wildman–Crippen MR) is 118 cm³/mol. The first-order chi connectivity index (χ1) is 15.1. The number of fused-ring (bicyclic) bond motifs is 3. The molecule has 3 heterocycles. The van der Waals surface area contributed by atoms with Gasteiger partial charge in [-0.1, -0.05) is 24.3 Å². The summed E-state index contributed by atoms with van der Waals surface area (Å²) < 4.78 is 2.18. The van der Waals surface area contributed by atoms with Gasteiger partial charge >= 0.3 is 6.03 Å². The Morgan fingerprint density at radius 3 is 2.65 bits per heavy atom. The minimum Gasteiger partial charge on any atom is -0.393 e. The van der Waals surface area contributed by atoms with E-state index in [1.165, 1.54) is 11.1 Å². The van der Waals surface area contributed by atoms with Crippen LogP contribution in [0.1, 0.15) is 56.6 Å². The summed E-state index contributed by atoms with van der Waals surface area (Å²) in [6.07, 6.45) is 8.69. The van der Waals surface area contributed by atoms with E-state index in [0.717, 1.165) is 44.2 Å². The van der Waals surface area contributed by atoms with Crippen molar-refractivity contribution >= 4 is 6.03 Å². The number of carbonyl (C=O) groups is 1. The van der Waals surface area contributed by atoms with Gasteiger partial charge in [-0.05, 0) is 56.4 Å². The average molecular weight is 425 g/mol. The van der Waals surface area contributed by atoms with Crippen LogP contribution in [0.3, 0.4) is 0 Å². The maximum atomic E-state index is 12.6. The summed E-state index contributed by atoms with van der Waals surface area (Å²) in [7, 11) is 0. The largest absolute Gasteiger partial charge is 0.393 e. The third-order valence-electron chi connectivity index (χ3n) is 7.46. The molecule has 0 spiro atoms. The molecule has 31 heavy (non-hydrogen) atoms. The molecule has 1 saturated heterocycles. The van der Waals surface area contributed by atoms with E-state index in [-0.39, 0.29) is 30.1 Å². The van der Waals surface area contributed by atoms with Gasteiger partial charge in [0.15, 0.2) is 0 Å². The van der Waals surface area contributed by atoms with Gasteiger partial charge in [-0.3, -0.25) is 0 Å². The Kier molecular flexibility index (Phi) is 5.71. The lowest BCUT2D eigenvalue weighted by Crippen LogP contribution is -2.49. The van der Waals surface area contributed by atoms with Crippen LogP contribution in [0.5, 0.6) is 0 Å². The monoisotopic (exact) mass is 424 g/mol. The number of aliphatic hydroxyl groups is 2. The first kappa shape index (κ1) is 20.5. The summed E-state index contributed by atoms with van der Waals surface area (Å²) in [5, 5.41) is 23.8. The van der Waals surface area contributed by atoms with Crippen molar-refractivity contribution in [3.8, 4) is 11.3 Å². The van der Waals surface area contributed by atoms with E-state index in [4.69, 9.17) is 0 Å². The van der Waals surface area contributed by atoms with Crippen LogP contribution in [0.15, 0.2) is 36.8 Å². The fourth-order valence-electron chi connectivity index (χ4n) is 5.57. The lowest BCUT2D eigenvalue weighted by Gasteiger charge is -2.36. The number of carbonyl (C=O) groups excluding carboxylic acids is 1. The molecule has 7 nitrogen and oxygen atoms in total. The van der Waals surface area contributed by atoms with Crippen LogP contribution >= 0.6 is 0 Å². The van der Waals surface area contributed by atoms with Gasteiger partial charge in [0.05, 0.1) is 36.5 Å². The van der Waals surface area contributed by atoms with Crippen LogP contribution < -0.4 is 5.32 Å². The van der Waals surface area contributed by atoms with Crippen molar-refractivity contribution in [2.45, 2.75) is 69.2 Å². The number of hydrogen-bond donors (Lipinski definition) is 3. The molecule has 1 aliphatic carbocycles. The normalized spacial score (nSPS) is 26.9. The number of urea groups is 1. The number of piperidine rings is 1. The van der Waals surface area contributed by atoms with Gasteiger partial charge < -0.3 is 25.0 Å². The molecule has 5 rings (SSSR count). The summed E-state index contributed by atoms with van der Waals surface area (Å²) >= 11 is 0. The van der Waals surface area contributed by atoms with Crippen LogP contribution in [-0.2, 0) is 0 Å². The fourth-order valence-corrected chi connectivity index (χ4v) is 5.57.